The van der Waals surface area contributed by atoms with E-state index in [2.05, 4.69) is 5.32 Å². The highest BCUT2D eigenvalue weighted by atomic mass is 32.2. The van der Waals surface area contributed by atoms with E-state index in [-0.39, 0.29) is 10.5 Å². The summed E-state index contributed by atoms with van der Waals surface area (Å²) >= 11 is 0. The molecule has 0 spiro atoms. The number of carbonyl (C=O) groups is 2. The molecule has 1 unspecified atom stereocenters. The molecule has 2 aromatic carbocycles. The zero-order valence-electron chi connectivity index (χ0n) is 15.7. The Hall–Kier alpha value is -2.67. The molecule has 7 heteroatoms. The minimum absolute atomic E-state index is 0.0796. The van der Waals surface area contributed by atoms with Crippen molar-refractivity contribution >= 4 is 21.7 Å². The molecule has 0 aromatic heterocycles. The number of nitrogens with one attached hydrogen (secondary N) is 1. The first kappa shape index (κ1) is 20.6. The third kappa shape index (κ3) is 4.95. The van der Waals surface area contributed by atoms with Crippen molar-refractivity contribution in [2.75, 3.05) is 6.26 Å². The summed E-state index contributed by atoms with van der Waals surface area (Å²) in [5, 5.41) is 12.0. The van der Waals surface area contributed by atoms with Gasteiger partial charge in [-0.1, -0.05) is 42.3 Å². The Labute approximate surface area is 159 Å². The molecule has 27 heavy (non-hydrogen) atoms. The number of carboxylic acids is 1. The van der Waals surface area contributed by atoms with Gasteiger partial charge in [-0.3, -0.25) is 4.79 Å². The zero-order chi connectivity index (χ0) is 20.4. The Morgan fingerprint density at radius 3 is 2.15 bits per heavy atom. The van der Waals surface area contributed by atoms with Crippen LogP contribution in [0.2, 0.25) is 0 Å². The van der Waals surface area contributed by atoms with E-state index >= 15 is 0 Å². The van der Waals surface area contributed by atoms with E-state index in [0.717, 1.165) is 17.4 Å². The van der Waals surface area contributed by atoms with Gasteiger partial charge in [0.15, 0.2) is 15.9 Å². The number of carboxylic acid groups (broad SMARTS) is 1. The lowest BCUT2D eigenvalue weighted by atomic mass is 10.0. The molecule has 2 aromatic rings. The average molecular weight is 389 g/mol. The van der Waals surface area contributed by atoms with Gasteiger partial charge in [-0.25, -0.2) is 13.2 Å². The van der Waals surface area contributed by atoms with Crippen LogP contribution in [-0.4, -0.2) is 31.7 Å². The second kappa shape index (κ2) is 7.92. The zero-order valence-corrected chi connectivity index (χ0v) is 16.6. The maximum Gasteiger partial charge on any atom is 0.330 e. The van der Waals surface area contributed by atoms with Crippen molar-refractivity contribution in [1.29, 1.82) is 0 Å². The van der Waals surface area contributed by atoms with Gasteiger partial charge >= 0.3 is 5.97 Å². The molecule has 144 valence electrons. The topological polar surface area (TPSA) is 101 Å². The summed E-state index contributed by atoms with van der Waals surface area (Å²) in [6.45, 7) is 5.52. The van der Waals surface area contributed by atoms with E-state index in [0.29, 0.717) is 17.5 Å². The molecule has 1 atom stereocenters. The van der Waals surface area contributed by atoms with Crippen LogP contribution >= 0.6 is 0 Å². The number of aryl methyl sites for hydroxylation is 3. The van der Waals surface area contributed by atoms with Gasteiger partial charge in [-0.2, -0.15) is 0 Å². The van der Waals surface area contributed by atoms with Crippen LogP contribution in [0.15, 0.2) is 41.3 Å². The van der Waals surface area contributed by atoms with Crippen molar-refractivity contribution in [2.24, 2.45) is 0 Å². The smallest absolute Gasteiger partial charge is 0.330 e. The van der Waals surface area contributed by atoms with Gasteiger partial charge in [0.25, 0.3) is 5.91 Å². The monoisotopic (exact) mass is 389 g/mol. The molecule has 0 aliphatic carbocycles. The maximum atomic E-state index is 12.6. The molecule has 6 nitrogen and oxygen atoms in total. The van der Waals surface area contributed by atoms with Crippen LogP contribution in [0, 0.1) is 13.8 Å². The van der Waals surface area contributed by atoms with E-state index in [4.69, 9.17) is 0 Å². The van der Waals surface area contributed by atoms with Crippen LogP contribution in [0.5, 0.6) is 0 Å². The molecule has 0 fully saturated rings. The van der Waals surface area contributed by atoms with Crippen LogP contribution in [0.25, 0.3) is 0 Å². The Morgan fingerprint density at radius 2 is 1.67 bits per heavy atom. The number of amides is 1. The van der Waals surface area contributed by atoms with Crippen LogP contribution < -0.4 is 5.32 Å². The van der Waals surface area contributed by atoms with Gasteiger partial charge in [0.05, 0.1) is 4.90 Å². The van der Waals surface area contributed by atoms with E-state index < -0.39 is 27.8 Å². The minimum Gasteiger partial charge on any atom is -0.479 e. The van der Waals surface area contributed by atoms with E-state index in [1.807, 2.05) is 26.8 Å². The lowest BCUT2D eigenvalue weighted by Crippen LogP contribution is -2.34. The second-order valence-electron chi connectivity index (χ2n) is 6.61. The van der Waals surface area contributed by atoms with Crippen molar-refractivity contribution < 1.29 is 23.1 Å². The molecule has 0 saturated heterocycles. The van der Waals surface area contributed by atoms with Gasteiger partial charge in [-0.05, 0) is 43.5 Å². The highest BCUT2D eigenvalue weighted by molar-refractivity contribution is 7.90. The summed E-state index contributed by atoms with van der Waals surface area (Å²) in [7, 11) is -3.51. The Kier molecular flexibility index (Phi) is 6.05. The highest BCUT2D eigenvalue weighted by Gasteiger charge is 2.24. The first-order valence-corrected chi connectivity index (χ1v) is 10.4. The van der Waals surface area contributed by atoms with Gasteiger partial charge in [0.1, 0.15) is 0 Å². The van der Waals surface area contributed by atoms with Gasteiger partial charge in [0.2, 0.25) is 0 Å². The first-order valence-electron chi connectivity index (χ1n) is 8.47. The predicted octanol–water partition coefficient (Wildman–Crippen LogP) is 2.83. The largest absolute Gasteiger partial charge is 0.479 e. The van der Waals surface area contributed by atoms with Gasteiger partial charge in [0, 0.05) is 11.8 Å². The Morgan fingerprint density at radius 1 is 1.07 bits per heavy atom. The van der Waals surface area contributed by atoms with Crippen molar-refractivity contribution in [2.45, 2.75) is 38.1 Å². The summed E-state index contributed by atoms with van der Waals surface area (Å²) in [6, 6.07) is 8.46. The number of sulfone groups is 1. The summed E-state index contributed by atoms with van der Waals surface area (Å²) < 4.78 is 24.0. The predicted molar refractivity (Wildman–Crippen MR) is 103 cm³/mol. The Bertz CT molecular complexity index is 975. The standard InChI is InChI=1S/C20H23NO5S/c1-5-14-6-7-15(11-17(14)27(4,25)26)19(22)21-18(20(23)24)16-9-12(2)8-13(3)10-16/h6-11,18H,5H2,1-4H3,(H,21,22)(H,23,24). The van der Waals surface area contributed by atoms with Crippen molar-refractivity contribution in [3.63, 3.8) is 0 Å². The van der Waals surface area contributed by atoms with E-state index in [1.54, 1.807) is 18.2 Å². The molecule has 1 amide bonds. The third-order valence-corrected chi connectivity index (χ3v) is 5.39. The van der Waals surface area contributed by atoms with Crippen molar-refractivity contribution in [3.8, 4) is 0 Å². The first-order chi connectivity index (χ1) is 12.5. The van der Waals surface area contributed by atoms with Crippen LogP contribution in [0.1, 0.15) is 45.6 Å². The van der Waals surface area contributed by atoms with Crippen LogP contribution in [-0.2, 0) is 21.1 Å². The lowest BCUT2D eigenvalue weighted by molar-refractivity contribution is -0.139. The number of aliphatic carboxylic acids is 1. The minimum atomic E-state index is -3.51. The fraction of sp³-hybridized carbons (Fsp3) is 0.300. The molecule has 0 bridgehead atoms. The molecular formula is C20H23NO5S. The van der Waals surface area contributed by atoms with Gasteiger partial charge < -0.3 is 10.4 Å². The maximum absolute atomic E-state index is 12.6. The number of rotatable bonds is 6. The van der Waals surface area contributed by atoms with Gasteiger partial charge in [-0.15, -0.1) is 0 Å². The van der Waals surface area contributed by atoms with E-state index in [1.165, 1.54) is 12.1 Å². The van der Waals surface area contributed by atoms with Crippen molar-refractivity contribution in [3.05, 3.63) is 64.2 Å². The summed E-state index contributed by atoms with van der Waals surface area (Å²) in [6.07, 6.45) is 1.59. The molecule has 0 heterocycles. The molecule has 0 aliphatic rings. The fourth-order valence-corrected chi connectivity index (χ4v) is 4.04. The fourth-order valence-electron chi connectivity index (χ4n) is 3.01. The third-order valence-electron chi connectivity index (χ3n) is 4.21. The molecule has 0 aliphatic heterocycles. The Balaban J connectivity index is 2.40. The quantitative estimate of drug-likeness (QED) is 0.791. The van der Waals surface area contributed by atoms with Crippen LogP contribution in [0.4, 0.5) is 0 Å². The van der Waals surface area contributed by atoms with Crippen LogP contribution in [0.3, 0.4) is 0 Å². The summed E-state index contributed by atoms with van der Waals surface area (Å²) in [4.78, 5) is 24.4. The molecule has 2 rings (SSSR count). The molecule has 0 radical (unpaired) electrons. The SMILES string of the molecule is CCc1ccc(C(=O)NC(C(=O)O)c2cc(C)cc(C)c2)cc1S(C)(=O)=O. The number of carbonyl (C=O) groups excluding carboxylic acids is 1. The number of hydrogen-bond acceptors (Lipinski definition) is 4. The highest BCUT2D eigenvalue weighted by Crippen LogP contribution is 2.21. The molecule has 0 saturated carbocycles. The second-order valence-corrected chi connectivity index (χ2v) is 8.60. The molecular weight excluding hydrogens is 366 g/mol. The van der Waals surface area contributed by atoms with E-state index in [9.17, 15) is 23.1 Å². The van der Waals surface area contributed by atoms with Crippen molar-refractivity contribution in [1.82, 2.24) is 5.32 Å². The number of benzene rings is 2. The number of hydrogen-bond donors (Lipinski definition) is 2. The normalized spacial score (nSPS) is 12.4. The summed E-state index contributed by atoms with van der Waals surface area (Å²) in [5.41, 5.74) is 2.94. The molecule has 2 N–H and O–H groups in total. The lowest BCUT2D eigenvalue weighted by Gasteiger charge is -2.17. The average Bonchev–Trinajstić information content (AvgIpc) is 2.56. The summed E-state index contributed by atoms with van der Waals surface area (Å²) in [5.74, 6) is -1.84.